The lowest BCUT2D eigenvalue weighted by molar-refractivity contribution is -0.153. The summed E-state index contributed by atoms with van der Waals surface area (Å²) in [6, 6.07) is 7.30. The maximum absolute atomic E-state index is 12.7. The number of carboxylic acids is 1. The molecular formula is C19H26N2O4. The second-order valence-corrected chi connectivity index (χ2v) is 6.93. The Hall–Kier alpha value is -1.92. The van der Waals surface area contributed by atoms with Crippen molar-refractivity contribution < 1.29 is 19.4 Å². The van der Waals surface area contributed by atoms with E-state index >= 15 is 0 Å². The van der Waals surface area contributed by atoms with Gasteiger partial charge in [0.1, 0.15) is 6.04 Å². The highest BCUT2D eigenvalue weighted by molar-refractivity contribution is 5.85. The van der Waals surface area contributed by atoms with Gasteiger partial charge in [0.25, 0.3) is 0 Å². The van der Waals surface area contributed by atoms with Crippen molar-refractivity contribution in [2.75, 3.05) is 32.8 Å². The fourth-order valence-corrected chi connectivity index (χ4v) is 3.74. The average molecular weight is 346 g/mol. The lowest BCUT2D eigenvalue weighted by atomic mass is 9.94. The van der Waals surface area contributed by atoms with Crippen LogP contribution in [0.25, 0.3) is 0 Å². The molecule has 0 bridgehead atoms. The van der Waals surface area contributed by atoms with Gasteiger partial charge in [-0.2, -0.15) is 0 Å². The van der Waals surface area contributed by atoms with Gasteiger partial charge >= 0.3 is 5.97 Å². The number of benzene rings is 1. The molecule has 2 aliphatic rings. The van der Waals surface area contributed by atoms with E-state index in [1.807, 2.05) is 31.2 Å². The molecule has 2 saturated heterocycles. The minimum Gasteiger partial charge on any atom is -0.480 e. The number of aryl methyl sites for hydroxylation is 1. The molecule has 0 radical (unpaired) electrons. The Morgan fingerprint density at radius 3 is 2.48 bits per heavy atom. The van der Waals surface area contributed by atoms with E-state index in [2.05, 4.69) is 4.90 Å². The molecule has 2 fully saturated rings. The number of carboxylic acid groups (broad SMARTS) is 1. The molecule has 6 nitrogen and oxygen atoms in total. The topological polar surface area (TPSA) is 70.1 Å². The first kappa shape index (κ1) is 17.9. The lowest BCUT2D eigenvalue weighted by Crippen LogP contribution is -2.56. The fraction of sp³-hybridized carbons (Fsp3) is 0.579. The van der Waals surface area contributed by atoms with E-state index in [9.17, 15) is 14.7 Å². The summed E-state index contributed by atoms with van der Waals surface area (Å²) in [7, 11) is 0. The Morgan fingerprint density at radius 2 is 1.84 bits per heavy atom. The maximum Gasteiger partial charge on any atom is 0.326 e. The maximum atomic E-state index is 12.7. The summed E-state index contributed by atoms with van der Waals surface area (Å²) >= 11 is 0. The molecule has 0 aromatic heterocycles. The highest BCUT2D eigenvalue weighted by Gasteiger charge is 2.38. The molecule has 25 heavy (non-hydrogen) atoms. The summed E-state index contributed by atoms with van der Waals surface area (Å²) in [5.74, 6) is -1.01. The number of carbonyl (C=O) groups is 2. The molecule has 2 atom stereocenters. The van der Waals surface area contributed by atoms with Crippen molar-refractivity contribution in [2.24, 2.45) is 0 Å². The monoisotopic (exact) mass is 346 g/mol. The van der Waals surface area contributed by atoms with Crippen LogP contribution in [0.3, 0.4) is 0 Å². The van der Waals surface area contributed by atoms with Gasteiger partial charge < -0.3 is 14.7 Å². The third-order valence-corrected chi connectivity index (χ3v) is 5.22. The number of ether oxygens (including phenoxy) is 1. The zero-order chi connectivity index (χ0) is 17.8. The number of hydrogen-bond donors (Lipinski definition) is 1. The molecule has 0 spiro atoms. The normalized spacial score (nSPS) is 24.9. The second-order valence-electron chi connectivity index (χ2n) is 6.93. The first-order chi connectivity index (χ1) is 12.0. The number of rotatable bonds is 4. The minimum absolute atomic E-state index is 0.100. The molecule has 1 aromatic carbocycles. The van der Waals surface area contributed by atoms with Gasteiger partial charge in [-0.3, -0.25) is 9.69 Å². The van der Waals surface area contributed by atoms with Gasteiger partial charge in [-0.15, -0.1) is 0 Å². The molecular weight excluding hydrogens is 320 g/mol. The van der Waals surface area contributed by atoms with Gasteiger partial charge in [0, 0.05) is 25.7 Å². The second kappa shape index (κ2) is 7.97. The summed E-state index contributed by atoms with van der Waals surface area (Å²) in [4.78, 5) is 28.3. The standard InChI is InChI=1S/C19H26N2O4/c1-14-2-4-15(5-3-14)12-18(22)21-7-6-16(13-17(21)19(23)24)20-8-10-25-11-9-20/h2-5,16-17H,6-13H2,1H3,(H,23,24). The van der Waals surface area contributed by atoms with Crippen LogP contribution in [0.4, 0.5) is 0 Å². The van der Waals surface area contributed by atoms with Gasteiger partial charge in [-0.1, -0.05) is 29.8 Å². The number of piperidine rings is 1. The number of amides is 1. The first-order valence-corrected chi connectivity index (χ1v) is 8.94. The molecule has 1 aromatic rings. The van der Waals surface area contributed by atoms with Crippen LogP contribution in [0.2, 0.25) is 0 Å². The number of aliphatic carboxylic acids is 1. The largest absolute Gasteiger partial charge is 0.480 e. The highest BCUT2D eigenvalue weighted by Crippen LogP contribution is 2.24. The SMILES string of the molecule is Cc1ccc(CC(=O)N2CCC(N3CCOCC3)CC2C(=O)O)cc1. The van der Waals surface area contributed by atoms with Crippen LogP contribution in [0, 0.1) is 6.92 Å². The number of nitrogens with zero attached hydrogens (tertiary/aromatic N) is 2. The third kappa shape index (κ3) is 4.38. The van der Waals surface area contributed by atoms with Crippen molar-refractivity contribution in [3.8, 4) is 0 Å². The molecule has 2 aliphatic heterocycles. The summed E-state index contributed by atoms with van der Waals surface area (Å²) in [5, 5.41) is 9.64. The van der Waals surface area contributed by atoms with E-state index in [1.54, 1.807) is 4.90 Å². The van der Waals surface area contributed by atoms with E-state index < -0.39 is 12.0 Å². The lowest BCUT2D eigenvalue weighted by Gasteiger charge is -2.43. The Bertz CT molecular complexity index is 610. The van der Waals surface area contributed by atoms with E-state index in [0.717, 1.165) is 30.6 Å². The van der Waals surface area contributed by atoms with Crippen LogP contribution < -0.4 is 0 Å². The molecule has 136 valence electrons. The van der Waals surface area contributed by atoms with Crippen LogP contribution >= 0.6 is 0 Å². The van der Waals surface area contributed by atoms with Gasteiger partial charge in [-0.05, 0) is 25.3 Å². The molecule has 6 heteroatoms. The quantitative estimate of drug-likeness (QED) is 0.890. The third-order valence-electron chi connectivity index (χ3n) is 5.22. The van der Waals surface area contributed by atoms with Crippen LogP contribution in [-0.4, -0.2) is 71.7 Å². The Morgan fingerprint density at radius 1 is 1.16 bits per heavy atom. The van der Waals surface area contributed by atoms with Gasteiger partial charge in [0.2, 0.25) is 5.91 Å². The summed E-state index contributed by atoms with van der Waals surface area (Å²) in [5.41, 5.74) is 2.07. The van der Waals surface area contributed by atoms with E-state index in [1.165, 1.54) is 0 Å². The zero-order valence-electron chi connectivity index (χ0n) is 14.7. The molecule has 0 saturated carbocycles. The molecule has 0 aliphatic carbocycles. The van der Waals surface area contributed by atoms with Crippen molar-refractivity contribution in [3.05, 3.63) is 35.4 Å². The minimum atomic E-state index is -0.907. The van der Waals surface area contributed by atoms with Crippen LogP contribution in [0.15, 0.2) is 24.3 Å². The van der Waals surface area contributed by atoms with E-state index in [0.29, 0.717) is 26.2 Å². The molecule has 2 unspecified atom stereocenters. The van der Waals surface area contributed by atoms with Crippen LogP contribution in [-0.2, 0) is 20.7 Å². The summed E-state index contributed by atoms with van der Waals surface area (Å²) < 4.78 is 5.38. The summed E-state index contributed by atoms with van der Waals surface area (Å²) in [6.45, 7) is 5.59. The highest BCUT2D eigenvalue weighted by atomic mass is 16.5. The van der Waals surface area contributed by atoms with Gasteiger partial charge in [-0.25, -0.2) is 4.79 Å². The number of hydrogen-bond acceptors (Lipinski definition) is 4. The smallest absolute Gasteiger partial charge is 0.326 e. The fourth-order valence-electron chi connectivity index (χ4n) is 3.74. The molecule has 3 rings (SSSR count). The summed E-state index contributed by atoms with van der Waals surface area (Å²) in [6.07, 6.45) is 1.57. The van der Waals surface area contributed by atoms with E-state index in [4.69, 9.17) is 4.74 Å². The molecule has 1 amide bonds. The first-order valence-electron chi connectivity index (χ1n) is 8.94. The van der Waals surface area contributed by atoms with Crippen LogP contribution in [0.5, 0.6) is 0 Å². The zero-order valence-corrected chi connectivity index (χ0v) is 14.7. The number of morpholine rings is 1. The van der Waals surface area contributed by atoms with Crippen molar-refractivity contribution in [1.29, 1.82) is 0 Å². The Balaban J connectivity index is 1.65. The molecule has 1 N–H and O–H groups in total. The average Bonchev–Trinajstić information content (AvgIpc) is 2.63. The Kier molecular flexibility index (Phi) is 5.71. The Labute approximate surface area is 148 Å². The van der Waals surface area contributed by atoms with Crippen LogP contribution in [0.1, 0.15) is 24.0 Å². The molecule has 2 heterocycles. The van der Waals surface area contributed by atoms with Crippen molar-refractivity contribution in [1.82, 2.24) is 9.80 Å². The predicted molar refractivity (Wildman–Crippen MR) is 93.4 cm³/mol. The van der Waals surface area contributed by atoms with Crippen molar-refractivity contribution >= 4 is 11.9 Å². The van der Waals surface area contributed by atoms with E-state index in [-0.39, 0.29) is 18.4 Å². The number of carbonyl (C=O) groups excluding carboxylic acids is 1. The van der Waals surface area contributed by atoms with Crippen molar-refractivity contribution in [3.63, 3.8) is 0 Å². The number of likely N-dealkylation sites (tertiary alicyclic amines) is 1. The van der Waals surface area contributed by atoms with Gasteiger partial charge in [0.05, 0.1) is 19.6 Å². The van der Waals surface area contributed by atoms with Crippen molar-refractivity contribution in [2.45, 2.75) is 38.3 Å². The van der Waals surface area contributed by atoms with Gasteiger partial charge in [0.15, 0.2) is 0 Å². The predicted octanol–water partition coefficient (Wildman–Crippen LogP) is 1.31.